The Labute approximate surface area is 89.1 Å². The van der Waals surface area contributed by atoms with E-state index in [9.17, 15) is 0 Å². The highest BCUT2D eigenvalue weighted by atomic mass is 14.0. The molecule has 0 amide bonds. The average molecular weight is 190 g/mol. The first kappa shape index (κ1) is 13.0. The fourth-order valence-corrected chi connectivity index (χ4v) is 1.42. The molecule has 0 heteroatoms. The van der Waals surface area contributed by atoms with Crippen LogP contribution in [0.25, 0.3) is 0 Å². The van der Waals surface area contributed by atoms with Crippen molar-refractivity contribution in [2.24, 2.45) is 5.92 Å². The quantitative estimate of drug-likeness (QED) is 0.303. The van der Waals surface area contributed by atoms with Gasteiger partial charge in [-0.3, -0.25) is 0 Å². The van der Waals surface area contributed by atoms with Crippen LogP contribution in [-0.4, -0.2) is 0 Å². The second-order valence-corrected chi connectivity index (χ2v) is 3.60. The third-order valence-electron chi connectivity index (χ3n) is 2.31. The van der Waals surface area contributed by atoms with Gasteiger partial charge in [0.2, 0.25) is 0 Å². The van der Waals surface area contributed by atoms with Crippen molar-refractivity contribution in [2.45, 2.75) is 45.4 Å². The van der Waals surface area contributed by atoms with Crippen molar-refractivity contribution >= 4 is 0 Å². The molecule has 0 radical (unpaired) electrons. The predicted molar refractivity (Wildman–Crippen MR) is 65.0 cm³/mol. The van der Waals surface area contributed by atoms with E-state index >= 15 is 0 Å². The summed E-state index contributed by atoms with van der Waals surface area (Å²) in [6.07, 6.45) is 18.9. The smallest absolute Gasteiger partial charge is 0.0383 e. The molecule has 0 rings (SSSR count). The van der Waals surface area contributed by atoms with Crippen LogP contribution in [0.2, 0.25) is 0 Å². The van der Waals surface area contributed by atoms with Gasteiger partial charge in [0.05, 0.1) is 0 Å². The second-order valence-electron chi connectivity index (χ2n) is 3.60. The van der Waals surface area contributed by atoms with E-state index in [1.165, 1.54) is 32.1 Å². The molecule has 0 fully saturated rings. The molecule has 0 nitrogen and oxygen atoms in total. The van der Waals surface area contributed by atoms with Gasteiger partial charge in [0.15, 0.2) is 0 Å². The molecule has 0 aliphatic rings. The van der Waals surface area contributed by atoms with Gasteiger partial charge < -0.3 is 0 Å². The van der Waals surface area contributed by atoms with E-state index in [1.807, 2.05) is 6.08 Å². The van der Waals surface area contributed by atoms with Gasteiger partial charge in [-0.2, -0.15) is 0 Å². The summed E-state index contributed by atoms with van der Waals surface area (Å²) >= 11 is 0. The monoisotopic (exact) mass is 190 g/mol. The number of rotatable bonds is 8. The second kappa shape index (κ2) is 10.1. The van der Waals surface area contributed by atoms with E-state index in [1.54, 1.807) is 6.08 Å². The van der Waals surface area contributed by atoms with Crippen LogP contribution >= 0.6 is 0 Å². The molecule has 0 aromatic carbocycles. The molecule has 1 atom stereocenters. The topological polar surface area (TPSA) is 0 Å². The van der Waals surface area contributed by atoms with Crippen LogP contribution in [0.3, 0.4) is 0 Å². The summed E-state index contributed by atoms with van der Waals surface area (Å²) < 4.78 is 0. The van der Waals surface area contributed by atoms with Crippen molar-refractivity contribution in [1.29, 1.82) is 0 Å². The molecule has 0 aliphatic carbocycles. The number of unbranched alkanes of at least 4 members (excludes halogenated alkanes) is 4. The van der Waals surface area contributed by atoms with Gasteiger partial charge in [0, 0.05) is 5.92 Å². The molecule has 14 heavy (non-hydrogen) atoms. The lowest BCUT2D eigenvalue weighted by atomic mass is 10.0. The highest BCUT2D eigenvalue weighted by Gasteiger charge is 1.98. The minimum atomic E-state index is 0.301. The van der Waals surface area contributed by atoms with E-state index in [2.05, 4.69) is 25.5 Å². The third-order valence-corrected chi connectivity index (χ3v) is 2.31. The van der Waals surface area contributed by atoms with Crippen LogP contribution in [0.1, 0.15) is 45.4 Å². The van der Waals surface area contributed by atoms with Crippen LogP contribution in [0.5, 0.6) is 0 Å². The summed E-state index contributed by atoms with van der Waals surface area (Å²) in [5, 5.41) is 0. The fourth-order valence-electron chi connectivity index (χ4n) is 1.42. The molecule has 0 N–H and O–H groups in total. The van der Waals surface area contributed by atoms with Crippen molar-refractivity contribution in [3.63, 3.8) is 0 Å². The van der Waals surface area contributed by atoms with Gasteiger partial charge in [0.25, 0.3) is 0 Å². The van der Waals surface area contributed by atoms with Crippen LogP contribution < -0.4 is 0 Å². The Kier molecular flexibility index (Phi) is 9.43. The molecule has 0 spiro atoms. The van der Waals surface area contributed by atoms with Gasteiger partial charge in [0.1, 0.15) is 0 Å². The zero-order valence-electron chi connectivity index (χ0n) is 9.34. The third kappa shape index (κ3) is 7.68. The first-order valence-electron chi connectivity index (χ1n) is 5.60. The normalized spacial score (nSPS) is 12.6. The Balaban J connectivity index is 3.49. The number of hydrogen-bond acceptors (Lipinski definition) is 0. The molecule has 0 aliphatic heterocycles. The highest BCUT2D eigenvalue weighted by molar-refractivity contribution is 5.09. The zero-order chi connectivity index (χ0) is 10.6. The fraction of sp³-hybridized carbons (Fsp3) is 0.571. The maximum Gasteiger partial charge on any atom is 0.0383 e. The predicted octanol–water partition coefficient (Wildman–Crippen LogP) is 4.34. The van der Waals surface area contributed by atoms with Crippen LogP contribution in [0.15, 0.2) is 24.8 Å². The molecule has 78 valence electrons. The number of allylic oxidation sites excluding steroid dienone is 3. The molecule has 0 aromatic heterocycles. The average Bonchev–Trinajstić information content (AvgIpc) is 2.22. The molecule has 0 saturated heterocycles. The largest absolute Gasteiger partial charge is 0.119 e. The van der Waals surface area contributed by atoms with E-state index < -0.39 is 0 Å². The van der Waals surface area contributed by atoms with Gasteiger partial charge in [-0.05, 0) is 6.42 Å². The minimum absolute atomic E-state index is 0.301. The molecule has 0 saturated carbocycles. The summed E-state index contributed by atoms with van der Waals surface area (Å²) in [6.45, 7) is 5.87. The maximum absolute atomic E-state index is 5.42. The van der Waals surface area contributed by atoms with Gasteiger partial charge >= 0.3 is 0 Å². The summed E-state index contributed by atoms with van der Waals surface area (Å²) in [7, 11) is 0. The Bertz CT molecular complexity index is 193. The molecule has 0 heterocycles. The standard InChI is InChI=1S/C14H22/c1-4-7-9-10-11-13-14(6-3)12-8-5-2/h3,5,8,12,14H,2,4,7,9-11,13H2,1H3. The van der Waals surface area contributed by atoms with Crippen molar-refractivity contribution in [1.82, 2.24) is 0 Å². The molecular weight excluding hydrogens is 168 g/mol. The van der Waals surface area contributed by atoms with Crippen molar-refractivity contribution in [3.05, 3.63) is 24.8 Å². The van der Waals surface area contributed by atoms with Crippen LogP contribution in [0, 0.1) is 18.3 Å². The number of terminal acetylenes is 1. The van der Waals surface area contributed by atoms with E-state index in [0.29, 0.717) is 5.92 Å². The Morgan fingerprint density at radius 3 is 2.57 bits per heavy atom. The van der Waals surface area contributed by atoms with Crippen LogP contribution in [-0.2, 0) is 0 Å². The van der Waals surface area contributed by atoms with Gasteiger partial charge in [-0.1, -0.05) is 69.8 Å². The van der Waals surface area contributed by atoms with Gasteiger partial charge in [-0.15, -0.1) is 6.42 Å². The summed E-state index contributed by atoms with van der Waals surface area (Å²) in [6, 6.07) is 0. The summed E-state index contributed by atoms with van der Waals surface area (Å²) in [5.41, 5.74) is 0. The highest BCUT2D eigenvalue weighted by Crippen LogP contribution is 2.12. The minimum Gasteiger partial charge on any atom is -0.119 e. The van der Waals surface area contributed by atoms with Crippen LogP contribution in [0.4, 0.5) is 0 Å². The summed E-state index contributed by atoms with van der Waals surface area (Å²) in [5.74, 6) is 3.09. The first-order valence-corrected chi connectivity index (χ1v) is 5.60. The van der Waals surface area contributed by atoms with Gasteiger partial charge in [-0.25, -0.2) is 0 Å². The molecule has 1 unspecified atom stereocenters. The Hall–Kier alpha value is -0.960. The zero-order valence-corrected chi connectivity index (χ0v) is 9.34. The lowest BCUT2D eigenvalue weighted by Gasteiger charge is -2.04. The van der Waals surface area contributed by atoms with E-state index in [-0.39, 0.29) is 0 Å². The lowest BCUT2D eigenvalue weighted by molar-refractivity contribution is 0.581. The van der Waals surface area contributed by atoms with Crippen molar-refractivity contribution in [2.75, 3.05) is 0 Å². The maximum atomic E-state index is 5.42. The Morgan fingerprint density at radius 1 is 1.29 bits per heavy atom. The molecule has 0 bridgehead atoms. The summed E-state index contributed by atoms with van der Waals surface area (Å²) in [4.78, 5) is 0. The first-order chi connectivity index (χ1) is 6.85. The Morgan fingerprint density at radius 2 is 2.00 bits per heavy atom. The van der Waals surface area contributed by atoms with Crippen molar-refractivity contribution in [3.8, 4) is 12.3 Å². The number of hydrogen-bond donors (Lipinski definition) is 0. The molecular formula is C14H22. The van der Waals surface area contributed by atoms with E-state index in [0.717, 1.165) is 6.42 Å². The SMILES string of the molecule is C#CC(C=CC=C)CCCCCCC. The molecule has 0 aromatic rings. The van der Waals surface area contributed by atoms with Crippen molar-refractivity contribution < 1.29 is 0 Å². The lowest BCUT2D eigenvalue weighted by Crippen LogP contribution is -1.92. The van der Waals surface area contributed by atoms with E-state index in [4.69, 9.17) is 6.42 Å².